The second-order valence-corrected chi connectivity index (χ2v) is 5.78. The van der Waals surface area contributed by atoms with Crippen LogP contribution in [-0.2, 0) is 4.79 Å². The van der Waals surface area contributed by atoms with Gasteiger partial charge in [0.15, 0.2) is 5.78 Å². The van der Waals surface area contributed by atoms with Gasteiger partial charge in [0.25, 0.3) is 5.91 Å². The van der Waals surface area contributed by atoms with Crippen molar-refractivity contribution < 1.29 is 23.5 Å². The lowest BCUT2D eigenvalue weighted by atomic mass is 10.1. The maximum atomic E-state index is 13.5. The summed E-state index contributed by atoms with van der Waals surface area (Å²) in [5.41, 5.74) is 4.59. The second kappa shape index (κ2) is 10.1. The van der Waals surface area contributed by atoms with Gasteiger partial charge in [0.2, 0.25) is 5.91 Å². The van der Waals surface area contributed by atoms with E-state index in [1.165, 1.54) is 18.2 Å². The van der Waals surface area contributed by atoms with Crippen LogP contribution in [0.2, 0.25) is 0 Å². The summed E-state index contributed by atoms with van der Waals surface area (Å²) in [6.07, 6.45) is 0.768. The third kappa shape index (κ3) is 6.22. The first-order valence-corrected chi connectivity index (χ1v) is 8.61. The molecule has 2 aromatic rings. The molecular weight excluding hydrogens is 351 g/mol. The fourth-order valence-corrected chi connectivity index (χ4v) is 2.23. The largest absolute Gasteiger partial charge is 0.494 e. The van der Waals surface area contributed by atoms with Crippen molar-refractivity contribution >= 4 is 17.6 Å². The molecule has 0 spiro atoms. The Bertz CT molecular complexity index is 806. The fourth-order valence-electron chi connectivity index (χ4n) is 2.23. The van der Waals surface area contributed by atoms with Gasteiger partial charge in [0.1, 0.15) is 11.6 Å². The number of benzene rings is 2. The molecule has 0 radical (unpaired) electrons. The minimum Gasteiger partial charge on any atom is -0.494 e. The van der Waals surface area contributed by atoms with Crippen molar-refractivity contribution in [3.05, 3.63) is 65.5 Å². The lowest BCUT2D eigenvalue weighted by Gasteiger charge is -2.08. The Hall–Kier alpha value is -3.22. The third-order valence-electron chi connectivity index (χ3n) is 3.66. The van der Waals surface area contributed by atoms with E-state index in [9.17, 15) is 18.8 Å². The second-order valence-electron chi connectivity index (χ2n) is 5.78. The molecule has 0 atom stereocenters. The Labute approximate surface area is 156 Å². The molecule has 0 saturated carbocycles. The molecule has 0 aliphatic rings. The van der Waals surface area contributed by atoms with Crippen LogP contribution in [0.25, 0.3) is 0 Å². The zero-order valence-corrected chi connectivity index (χ0v) is 15.0. The quantitative estimate of drug-likeness (QED) is 0.551. The maximum Gasteiger partial charge on any atom is 0.272 e. The van der Waals surface area contributed by atoms with E-state index in [1.807, 2.05) is 6.92 Å². The smallest absolute Gasteiger partial charge is 0.272 e. The van der Waals surface area contributed by atoms with E-state index in [1.54, 1.807) is 24.3 Å². The average Bonchev–Trinajstić information content (AvgIpc) is 2.69. The van der Waals surface area contributed by atoms with Crippen LogP contribution < -0.4 is 15.6 Å². The van der Waals surface area contributed by atoms with Gasteiger partial charge >= 0.3 is 0 Å². The summed E-state index contributed by atoms with van der Waals surface area (Å²) in [7, 11) is 0. The monoisotopic (exact) mass is 372 g/mol. The van der Waals surface area contributed by atoms with E-state index >= 15 is 0 Å². The molecular formula is C20H21FN2O4. The molecule has 0 saturated heterocycles. The summed E-state index contributed by atoms with van der Waals surface area (Å²) in [5, 5.41) is 0. The van der Waals surface area contributed by atoms with Crippen LogP contribution in [0, 0.1) is 5.82 Å². The molecule has 2 rings (SSSR count). The normalized spacial score (nSPS) is 10.1. The van der Waals surface area contributed by atoms with Gasteiger partial charge in [-0.25, -0.2) is 4.39 Å². The molecule has 2 N–H and O–H groups in total. The number of amides is 2. The Morgan fingerprint density at radius 1 is 0.963 bits per heavy atom. The number of ketones is 1. The minimum atomic E-state index is -0.768. The number of halogens is 1. The van der Waals surface area contributed by atoms with Crippen molar-refractivity contribution in [2.24, 2.45) is 0 Å². The number of ether oxygens (including phenoxy) is 1. The number of hydrogen-bond acceptors (Lipinski definition) is 4. The van der Waals surface area contributed by atoms with Gasteiger partial charge in [-0.2, -0.15) is 0 Å². The predicted molar refractivity (Wildman–Crippen MR) is 97.8 cm³/mol. The lowest BCUT2D eigenvalue weighted by Crippen LogP contribution is -2.42. The number of nitrogens with one attached hydrogen (secondary N) is 2. The van der Waals surface area contributed by atoms with Crippen LogP contribution in [0.3, 0.4) is 0 Å². The van der Waals surface area contributed by atoms with Crippen molar-refractivity contribution in [2.45, 2.75) is 26.2 Å². The molecule has 0 bridgehead atoms. The topological polar surface area (TPSA) is 84.5 Å². The summed E-state index contributed by atoms with van der Waals surface area (Å²) in [5.74, 6) is -1.52. The third-order valence-corrected chi connectivity index (χ3v) is 3.66. The van der Waals surface area contributed by atoms with Crippen molar-refractivity contribution in [3.8, 4) is 5.75 Å². The first-order chi connectivity index (χ1) is 13.0. The Kier molecular flexibility index (Phi) is 7.49. The molecule has 6 nitrogen and oxygen atoms in total. The highest BCUT2D eigenvalue weighted by molar-refractivity contribution is 5.99. The highest BCUT2D eigenvalue weighted by Gasteiger charge is 2.13. The molecule has 2 amide bonds. The van der Waals surface area contributed by atoms with E-state index in [2.05, 4.69) is 10.9 Å². The molecule has 0 aliphatic heterocycles. The zero-order valence-electron chi connectivity index (χ0n) is 15.0. The Morgan fingerprint density at radius 3 is 2.33 bits per heavy atom. The molecule has 0 aromatic heterocycles. The van der Waals surface area contributed by atoms with Crippen LogP contribution in [0.1, 0.15) is 46.9 Å². The number of carbonyl (C=O) groups is 3. The maximum absolute atomic E-state index is 13.5. The standard InChI is InChI=1S/C20H21FN2O4/c1-2-13-27-15-9-7-14(8-10-15)18(24)11-12-19(25)22-23-20(26)16-5-3-4-6-17(16)21/h3-10H,2,11-13H2,1H3,(H,22,25)(H,23,26). The fraction of sp³-hybridized carbons (Fsp3) is 0.250. The van der Waals surface area contributed by atoms with Crippen molar-refractivity contribution in [1.82, 2.24) is 10.9 Å². The summed E-state index contributed by atoms with van der Waals surface area (Å²) in [4.78, 5) is 35.7. The molecule has 142 valence electrons. The van der Waals surface area contributed by atoms with Crippen molar-refractivity contribution in [2.75, 3.05) is 6.61 Å². The van der Waals surface area contributed by atoms with Crippen LogP contribution in [-0.4, -0.2) is 24.2 Å². The van der Waals surface area contributed by atoms with Crippen LogP contribution in [0.15, 0.2) is 48.5 Å². The molecule has 0 aliphatic carbocycles. The van der Waals surface area contributed by atoms with E-state index < -0.39 is 17.6 Å². The average molecular weight is 372 g/mol. The Balaban J connectivity index is 1.77. The number of hydrazine groups is 1. The summed E-state index contributed by atoms with van der Waals surface area (Å²) >= 11 is 0. The number of Topliss-reactive ketones (excluding diaryl/α,β-unsaturated/α-hetero) is 1. The summed E-state index contributed by atoms with van der Waals surface area (Å²) in [6, 6.07) is 12.1. The summed E-state index contributed by atoms with van der Waals surface area (Å²) in [6.45, 7) is 2.60. The minimum absolute atomic E-state index is 0.0173. The van der Waals surface area contributed by atoms with Crippen LogP contribution in [0.5, 0.6) is 5.75 Å². The highest BCUT2D eigenvalue weighted by atomic mass is 19.1. The zero-order chi connectivity index (χ0) is 19.6. The van der Waals surface area contributed by atoms with Gasteiger partial charge in [-0.1, -0.05) is 19.1 Å². The lowest BCUT2D eigenvalue weighted by molar-refractivity contribution is -0.121. The molecule has 0 unspecified atom stereocenters. The van der Waals surface area contributed by atoms with E-state index in [-0.39, 0.29) is 24.2 Å². The Morgan fingerprint density at radius 2 is 1.67 bits per heavy atom. The van der Waals surface area contributed by atoms with E-state index in [0.717, 1.165) is 12.5 Å². The predicted octanol–water partition coefficient (Wildman–Crippen LogP) is 3.04. The van der Waals surface area contributed by atoms with Crippen LogP contribution in [0.4, 0.5) is 4.39 Å². The SMILES string of the molecule is CCCOc1ccc(C(=O)CCC(=O)NNC(=O)c2ccccc2F)cc1. The van der Waals surface area contributed by atoms with Gasteiger partial charge in [-0.3, -0.25) is 25.2 Å². The van der Waals surface area contributed by atoms with Gasteiger partial charge in [-0.15, -0.1) is 0 Å². The van der Waals surface area contributed by atoms with Gasteiger partial charge in [0.05, 0.1) is 12.2 Å². The van der Waals surface area contributed by atoms with Gasteiger partial charge < -0.3 is 4.74 Å². The molecule has 27 heavy (non-hydrogen) atoms. The number of carbonyl (C=O) groups excluding carboxylic acids is 3. The number of rotatable bonds is 8. The summed E-state index contributed by atoms with van der Waals surface area (Å²) < 4.78 is 18.9. The van der Waals surface area contributed by atoms with Crippen LogP contribution >= 0.6 is 0 Å². The molecule has 0 fully saturated rings. The van der Waals surface area contributed by atoms with Crippen molar-refractivity contribution in [1.29, 1.82) is 0 Å². The van der Waals surface area contributed by atoms with E-state index in [4.69, 9.17) is 4.74 Å². The molecule has 7 heteroatoms. The van der Waals surface area contributed by atoms with Gasteiger partial charge in [0, 0.05) is 18.4 Å². The van der Waals surface area contributed by atoms with Crippen molar-refractivity contribution in [3.63, 3.8) is 0 Å². The van der Waals surface area contributed by atoms with E-state index in [0.29, 0.717) is 17.9 Å². The molecule has 0 heterocycles. The molecule has 2 aromatic carbocycles. The first-order valence-electron chi connectivity index (χ1n) is 8.61. The van der Waals surface area contributed by atoms with Gasteiger partial charge in [-0.05, 0) is 42.8 Å². The first kappa shape index (κ1) is 20.1. The highest BCUT2D eigenvalue weighted by Crippen LogP contribution is 2.14. The number of hydrogen-bond donors (Lipinski definition) is 2.